The quantitative estimate of drug-likeness (QED) is 0.630. The molecular formula is C24H27N7O3. The van der Waals surface area contributed by atoms with Crippen molar-refractivity contribution in [2.24, 2.45) is 0 Å². The summed E-state index contributed by atoms with van der Waals surface area (Å²) in [7, 11) is 0. The lowest BCUT2D eigenvalue weighted by atomic mass is 10.2. The van der Waals surface area contributed by atoms with Gasteiger partial charge in [-0.1, -0.05) is 6.07 Å². The number of rotatable bonds is 4. The van der Waals surface area contributed by atoms with Gasteiger partial charge in [-0.25, -0.2) is 19.7 Å². The van der Waals surface area contributed by atoms with E-state index in [1.54, 1.807) is 47.9 Å². The molecule has 4 heterocycles. The van der Waals surface area contributed by atoms with Crippen LogP contribution in [0, 0.1) is 0 Å². The van der Waals surface area contributed by atoms with Gasteiger partial charge in [0.25, 0.3) is 5.91 Å². The molecule has 1 fully saturated rings. The minimum absolute atomic E-state index is 0.269. The Labute approximate surface area is 198 Å². The summed E-state index contributed by atoms with van der Waals surface area (Å²) in [6, 6.07) is 7.07. The second-order valence-corrected chi connectivity index (χ2v) is 8.84. The maximum absolute atomic E-state index is 13.0. The summed E-state index contributed by atoms with van der Waals surface area (Å²) in [6.45, 7) is 7.81. The fourth-order valence-corrected chi connectivity index (χ4v) is 3.56. The van der Waals surface area contributed by atoms with Crippen molar-refractivity contribution >= 4 is 23.4 Å². The molecule has 10 heteroatoms. The van der Waals surface area contributed by atoms with Gasteiger partial charge in [0.15, 0.2) is 0 Å². The third-order valence-corrected chi connectivity index (χ3v) is 5.16. The third kappa shape index (κ3) is 5.64. The molecule has 0 spiro atoms. The zero-order chi connectivity index (χ0) is 24.1. The molecule has 0 aliphatic carbocycles. The fraction of sp³-hybridized carbons (Fsp3) is 0.333. The predicted molar refractivity (Wildman–Crippen MR) is 127 cm³/mol. The summed E-state index contributed by atoms with van der Waals surface area (Å²) >= 11 is 0. The number of nitrogens with zero attached hydrogens (tertiary/aromatic N) is 6. The van der Waals surface area contributed by atoms with E-state index < -0.39 is 5.60 Å². The molecule has 3 aromatic rings. The molecular weight excluding hydrogens is 434 g/mol. The first-order valence-corrected chi connectivity index (χ1v) is 11.0. The standard InChI is InChI=1S/C24H27N7O3/c1-24(2,3)34-23(33)31-11-9-30(10-12-31)21-7-8-25-15-20(21)29-22(32)19-6-4-5-18(28-19)17-13-26-16-27-14-17/h4-8,13-16H,9-12H2,1-3H3,(H,29,32). The first kappa shape index (κ1) is 23.1. The maximum atomic E-state index is 13.0. The molecule has 34 heavy (non-hydrogen) atoms. The van der Waals surface area contributed by atoms with Crippen molar-refractivity contribution < 1.29 is 14.3 Å². The summed E-state index contributed by atoms with van der Waals surface area (Å²) in [4.78, 5) is 45.8. The fourth-order valence-electron chi connectivity index (χ4n) is 3.56. The lowest BCUT2D eigenvalue weighted by Gasteiger charge is -2.37. The largest absolute Gasteiger partial charge is 0.444 e. The van der Waals surface area contributed by atoms with Crippen molar-refractivity contribution in [3.8, 4) is 11.3 Å². The number of nitrogens with one attached hydrogen (secondary N) is 1. The van der Waals surface area contributed by atoms with Gasteiger partial charge in [-0.3, -0.25) is 9.78 Å². The van der Waals surface area contributed by atoms with Crippen molar-refractivity contribution in [3.63, 3.8) is 0 Å². The topological polar surface area (TPSA) is 113 Å². The van der Waals surface area contributed by atoms with Gasteiger partial charge < -0.3 is 19.9 Å². The predicted octanol–water partition coefficient (Wildman–Crippen LogP) is 3.24. The highest BCUT2D eigenvalue weighted by Crippen LogP contribution is 2.27. The van der Waals surface area contributed by atoms with Crippen LogP contribution in [0.2, 0.25) is 0 Å². The van der Waals surface area contributed by atoms with E-state index >= 15 is 0 Å². The van der Waals surface area contributed by atoms with Gasteiger partial charge in [0, 0.05) is 50.3 Å². The van der Waals surface area contributed by atoms with Crippen LogP contribution in [0.1, 0.15) is 31.3 Å². The first-order valence-electron chi connectivity index (χ1n) is 11.0. The first-order chi connectivity index (χ1) is 16.3. The molecule has 1 saturated heterocycles. The number of hydrogen-bond donors (Lipinski definition) is 1. The van der Waals surface area contributed by atoms with Gasteiger partial charge in [-0.2, -0.15) is 0 Å². The highest BCUT2D eigenvalue weighted by molar-refractivity contribution is 6.04. The van der Waals surface area contributed by atoms with E-state index in [0.29, 0.717) is 37.6 Å². The molecule has 176 valence electrons. The van der Waals surface area contributed by atoms with Crippen LogP contribution in [0.5, 0.6) is 0 Å². The zero-order valence-corrected chi connectivity index (χ0v) is 19.4. The van der Waals surface area contributed by atoms with E-state index in [0.717, 1.165) is 11.3 Å². The van der Waals surface area contributed by atoms with Gasteiger partial charge in [0.1, 0.15) is 17.6 Å². The Hall–Kier alpha value is -4.08. The molecule has 0 aromatic carbocycles. The molecule has 2 amide bonds. The minimum atomic E-state index is -0.532. The Morgan fingerprint density at radius 2 is 1.71 bits per heavy atom. The zero-order valence-electron chi connectivity index (χ0n) is 19.4. The van der Waals surface area contributed by atoms with Gasteiger partial charge >= 0.3 is 6.09 Å². The summed E-state index contributed by atoms with van der Waals surface area (Å²) in [5.41, 5.74) is 2.48. The molecule has 1 N–H and O–H groups in total. The molecule has 3 aromatic heterocycles. The van der Waals surface area contributed by atoms with Crippen LogP contribution in [-0.4, -0.2) is 68.6 Å². The number of carbonyl (C=O) groups is 2. The van der Waals surface area contributed by atoms with Gasteiger partial charge in [0.2, 0.25) is 0 Å². The van der Waals surface area contributed by atoms with E-state index in [9.17, 15) is 9.59 Å². The molecule has 10 nitrogen and oxygen atoms in total. The summed E-state index contributed by atoms with van der Waals surface area (Å²) < 4.78 is 5.47. The van der Waals surface area contributed by atoms with Gasteiger partial charge in [-0.15, -0.1) is 0 Å². The molecule has 0 radical (unpaired) electrons. The molecule has 0 atom stereocenters. The minimum Gasteiger partial charge on any atom is -0.444 e. The number of aromatic nitrogens is 4. The lowest BCUT2D eigenvalue weighted by molar-refractivity contribution is 0.0240. The Kier molecular flexibility index (Phi) is 6.67. The van der Waals surface area contributed by atoms with E-state index in [-0.39, 0.29) is 17.7 Å². The Bertz CT molecular complexity index is 1160. The Morgan fingerprint density at radius 3 is 2.41 bits per heavy atom. The summed E-state index contributed by atoms with van der Waals surface area (Å²) in [5.74, 6) is -0.347. The molecule has 1 aliphatic heterocycles. The van der Waals surface area contributed by atoms with Crippen LogP contribution in [0.4, 0.5) is 16.2 Å². The van der Waals surface area contributed by atoms with Crippen molar-refractivity contribution in [2.75, 3.05) is 36.4 Å². The number of pyridine rings is 2. The van der Waals surface area contributed by atoms with E-state index in [1.807, 2.05) is 26.8 Å². The van der Waals surface area contributed by atoms with Crippen LogP contribution in [0.3, 0.4) is 0 Å². The van der Waals surface area contributed by atoms with Crippen LogP contribution < -0.4 is 10.2 Å². The molecule has 1 aliphatic rings. The Balaban J connectivity index is 1.45. The van der Waals surface area contributed by atoms with Crippen LogP contribution in [-0.2, 0) is 4.74 Å². The third-order valence-electron chi connectivity index (χ3n) is 5.16. The van der Waals surface area contributed by atoms with E-state index in [4.69, 9.17) is 4.74 Å². The number of piperazine rings is 1. The second-order valence-electron chi connectivity index (χ2n) is 8.84. The summed E-state index contributed by atoms with van der Waals surface area (Å²) in [5, 5.41) is 2.93. The molecule has 0 unspecified atom stereocenters. The highest BCUT2D eigenvalue weighted by Gasteiger charge is 2.27. The smallest absolute Gasteiger partial charge is 0.410 e. The normalized spacial score (nSPS) is 14.0. The molecule has 0 saturated carbocycles. The summed E-state index contributed by atoms with van der Waals surface area (Å²) in [6.07, 6.45) is 7.71. The van der Waals surface area contributed by atoms with Crippen molar-refractivity contribution in [1.82, 2.24) is 24.8 Å². The van der Waals surface area contributed by atoms with Crippen LogP contribution >= 0.6 is 0 Å². The lowest BCUT2D eigenvalue weighted by Crippen LogP contribution is -2.50. The monoisotopic (exact) mass is 461 g/mol. The number of carbonyl (C=O) groups excluding carboxylic acids is 2. The number of amides is 2. The van der Waals surface area contributed by atoms with Crippen molar-refractivity contribution in [2.45, 2.75) is 26.4 Å². The van der Waals surface area contributed by atoms with Crippen molar-refractivity contribution in [1.29, 1.82) is 0 Å². The highest BCUT2D eigenvalue weighted by atomic mass is 16.6. The van der Waals surface area contributed by atoms with Crippen LogP contribution in [0.15, 0.2) is 55.4 Å². The Morgan fingerprint density at radius 1 is 0.971 bits per heavy atom. The van der Waals surface area contributed by atoms with E-state index in [1.165, 1.54) is 6.33 Å². The molecule has 0 bridgehead atoms. The van der Waals surface area contributed by atoms with Crippen LogP contribution in [0.25, 0.3) is 11.3 Å². The number of ether oxygens (including phenoxy) is 1. The molecule has 4 rings (SSSR count). The average Bonchev–Trinajstić information content (AvgIpc) is 2.84. The average molecular weight is 462 g/mol. The SMILES string of the molecule is CC(C)(C)OC(=O)N1CCN(c2ccncc2NC(=O)c2cccc(-c3cncnc3)n2)CC1. The van der Waals surface area contributed by atoms with Gasteiger partial charge in [-0.05, 0) is 39.0 Å². The maximum Gasteiger partial charge on any atom is 0.410 e. The second kappa shape index (κ2) is 9.82. The van der Waals surface area contributed by atoms with Gasteiger partial charge in [0.05, 0.1) is 23.3 Å². The van der Waals surface area contributed by atoms with E-state index in [2.05, 4.69) is 30.2 Å². The number of anilines is 2. The van der Waals surface area contributed by atoms with Crippen molar-refractivity contribution in [3.05, 3.63) is 61.1 Å². The number of hydrogen-bond acceptors (Lipinski definition) is 8.